The van der Waals surface area contributed by atoms with E-state index in [1.165, 1.54) is 12.1 Å². The number of anilines is 1. The number of hydrogen-bond acceptors (Lipinski definition) is 4. The Hall–Kier alpha value is -3.05. The smallest absolute Gasteiger partial charge is 0.369 e. The average molecular weight is 427 g/mol. The number of alkyl halides is 3. The first-order valence-corrected chi connectivity index (χ1v) is 10.4. The lowest BCUT2D eigenvalue weighted by atomic mass is 10.1. The van der Waals surface area contributed by atoms with E-state index in [9.17, 15) is 13.2 Å². The molecule has 5 nitrogen and oxygen atoms in total. The highest BCUT2D eigenvalue weighted by molar-refractivity contribution is 5.76. The molecule has 0 atom stereocenters. The Balaban J connectivity index is 1.24. The predicted octanol–water partition coefficient (Wildman–Crippen LogP) is 4.53. The van der Waals surface area contributed by atoms with Gasteiger partial charge in [0.05, 0.1) is 34.6 Å². The van der Waals surface area contributed by atoms with Crippen LogP contribution in [0.5, 0.6) is 0 Å². The molecule has 0 amide bonds. The number of imidazole rings is 1. The second-order valence-electron chi connectivity index (χ2n) is 7.84. The predicted molar refractivity (Wildman–Crippen MR) is 114 cm³/mol. The van der Waals surface area contributed by atoms with Crippen molar-refractivity contribution in [1.29, 1.82) is 5.26 Å². The molecule has 4 rings (SSSR count). The van der Waals surface area contributed by atoms with Crippen LogP contribution in [0.4, 0.5) is 18.9 Å². The molecule has 0 spiro atoms. The van der Waals surface area contributed by atoms with Crippen molar-refractivity contribution >= 4 is 16.7 Å². The Bertz CT molecular complexity index is 1070. The number of hydrogen-bond donors (Lipinski definition) is 0. The number of rotatable bonds is 6. The molecule has 0 saturated carbocycles. The fraction of sp³-hybridized carbons (Fsp3) is 0.391. The second-order valence-corrected chi connectivity index (χ2v) is 7.84. The maximum absolute atomic E-state index is 12.9. The second kappa shape index (κ2) is 8.98. The van der Waals surface area contributed by atoms with Gasteiger partial charge in [0, 0.05) is 38.4 Å². The molecule has 1 saturated heterocycles. The number of aromatic nitrogens is 2. The molecule has 162 valence electrons. The summed E-state index contributed by atoms with van der Waals surface area (Å²) < 4.78 is 40.9. The van der Waals surface area contributed by atoms with Crippen molar-refractivity contribution in [3.05, 3.63) is 59.9 Å². The summed E-state index contributed by atoms with van der Waals surface area (Å²) in [6, 6.07) is 13.3. The number of piperazine rings is 1. The summed E-state index contributed by atoms with van der Waals surface area (Å²) >= 11 is 0. The van der Waals surface area contributed by atoms with Crippen molar-refractivity contribution in [3.63, 3.8) is 0 Å². The van der Waals surface area contributed by atoms with E-state index in [4.69, 9.17) is 5.26 Å². The number of nitrogens with zero attached hydrogens (tertiary/aromatic N) is 5. The zero-order chi connectivity index (χ0) is 21.8. The molecule has 0 bridgehead atoms. The summed E-state index contributed by atoms with van der Waals surface area (Å²) in [4.78, 5) is 8.78. The minimum atomic E-state index is -4.31. The van der Waals surface area contributed by atoms with Crippen LogP contribution in [0.25, 0.3) is 11.0 Å². The van der Waals surface area contributed by atoms with E-state index >= 15 is 0 Å². The van der Waals surface area contributed by atoms with Gasteiger partial charge in [-0.05, 0) is 55.8 Å². The van der Waals surface area contributed by atoms with Crippen molar-refractivity contribution in [2.75, 3.05) is 37.6 Å². The van der Waals surface area contributed by atoms with Gasteiger partial charge in [0.1, 0.15) is 0 Å². The van der Waals surface area contributed by atoms with E-state index in [2.05, 4.69) is 20.5 Å². The Morgan fingerprint density at radius 2 is 1.74 bits per heavy atom. The normalized spacial score (nSPS) is 15.4. The molecule has 3 aromatic rings. The molecule has 1 aliphatic rings. The van der Waals surface area contributed by atoms with E-state index in [0.717, 1.165) is 69.2 Å². The first-order chi connectivity index (χ1) is 14.9. The summed E-state index contributed by atoms with van der Waals surface area (Å²) in [6.45, 7) is 4.95. The lowest BCUT2D eigenvalue weighted by Crippen LogP contribution is -2.46. The van der Waals surface area contributed by atoms with Crippen LogP contribution in [0.2, 0.25) is 0 Å². The Morgan fingerprint density at radius 1 is 0.968 bits per heavy atom. The third-order valence-corrected chi connectivity index (χ3v) is 5.78. The summed E-state index contributed by atoms with van der Waals surface area (Å²) in [6.07, 6.45) is -0.467. The van der Waals surface area contributed by atoms with Crippen LogP contribution in [0.3, 0.4) is 0 Å². The highest BCUT2D eigenvalue weighted by Gasteiger charge is 2.31. The zero-order valence-electron chi connectivity index (χ0n) is 17.1. The van der Waals surface area contributed by atoms with Gasteiger partial charge < -0.3 is 9.47 Å². The molecule has 0 N–H and O–H groups in total. The van der Waals surface area contributed by atoms with Crippen LogP contribution >= 0.6 is 0 Å². The Labute approximate surface area is 179 Å². The third kappa shape index (κ3) is 5.00. The third-order valence-electron chi connectivity index (χ3n) is 5.78. The maximum Gasteiger partial charge on any atom is 0.416 e. The summed E-state index contributed by atoms with van der Waals surface area (Å²) in [5.41, 5.74) is 2.55. The molecule has 2 aromatic carbocycles. The van der Waals surface area contributed by atoms with Gasteiger partial charge in [0.2, 0.25) is 0 Å². The van der Waals surface area contributed by atoms with Crippen molar-refractivity contribution in [3.8, 4) is 6.07 Å². The number of halogens is 3. The Kier molecular flexibility index (Phi) is 6.14. The van der Waals surface area contributed by atoms with Crippen molar-refractivity contribution in [1.82, 2.24) is 14.5 Å². The van der Waals surface area contributed by atoms with E-state index in [-0.39, 0.29) is 0 Å². The molecule has 0 aliphatic carbocycles. The van der Waals surface area contributed by atoms with Gasteiger partial charge in [0.25, 0.3) is 0 Å². The van der Waals surface area contributed by atoms with E-state index < -0.39 is 11.7 Å². The fourth-order valence-electron chi connectivity index (χ4n) is 4.03. The number of benzene rings is 2. The van der Waals surface area contributed by atoms with Gasteiger partial charge in [-0.2, -0.15) is 18.4 Å². The summed E-state index contributed by atoms with van der Waals surface area (Å²) in [7, 11) is 0. The van der Waals surface area contributed by atoms with Crippen LogP contribution in [0.1, 0.15) is 24.0 Å². The van der Waals surface area contributed by atoms with Gasteiger partial charge in [-0.25, -0.2) is 4.98 Å². The van der Waals surface area contributed by atoms with Crippen LogP contribution in [0, 0.1) is 11.3 Å². The maximum atomic E-state index is 12.9. The van der Waals surface area contributed by atoms with Gasteiger partial charge in [0.15, 0.2) is 0 Å². The largest absolute Gasteiger partial charge is 0.416 e. The van der Waals surface area contributed by atoms with Crippen LogP contribution in [-0.2, 0) is 12.7 Å². The van der Waals surface area contributed by atoms with Gasteiger partial charge in [-0.3, -0.25) is 4.90 Å². The molecule has 0 radical (unpaired) electrons. The van der Waals surface area contributed by atoms with E-state index in [1.807, 2.05) is 23.4 Å². The fourth-order valence-corrected chi connectivity index (χ4v) is 4.03. The molecule has 1 aromatic heterocycles. The zero-order valence-corrected chi connectivity index (χ0v) is 17.1. The number of nitriles is 1. The topological polar surface area (TPSA) is 48.1 Å². The number of fused-ring (bicyclic) bond motifs is 1. The van der Waals surface area contributed by atoms with E-state index in [1.54, 1.807) is 12.1 Å². The van der Waals surface area contributed by atoms with Gasteiger partial charge in [-0.15, -0.1) is 0 Å². The lowest BCUT2D eigenvalue weighted by Gasteiger charge is -2.36. The monoisotopic (exact) mass is 427 g/mol. The summed E-state index contributed by atoms with van der Waals surface area (Å²) in [5, 5.41) is 9.09. The molecular formula is C23H24F3N5. The quantitative estimate of drug-likeness (QED) is 0.543. The highest BCUT2D eigenvalue weighted by Crippen LogP contribution is 2.31. The van der Waals surface area contributed by atoms with Crippen LogP contribution in [-0.4, -0.2) is 47.2 Å². The first kappa shape index (κ1) is 21.2. The van der Waals surface area contributed by atoms with Crippen molar-refractivity contribution in [2.24, 2.45) is 0 Å². The van der Waals surface area contributed by atoms with Crippen LogP contribution in [0.15, 0.2) is 48.8 Å². The minimum Gasteiger partial charge on any atom is -0.369 e. The van der Waals surface area contributed by atoms with Crippen LogP contribution < -0.4 is 4.90 Å². The van der Waals surface area contributed by atoms with Crippen molar-refractivity contribution < 1.29 is 13.2 Å². The van der Waals surface area contributed by atoms with Gasteiger partial charge in [-0.1, -0.05) is 6.07 Å². The van der Waals surface area contributed by atoms with Gasteiger partial charge >= 0.3 is 6.18 Å². The SMILES string of the molecule is N#Cc1ccc2ncn(CCCCN3CCN(c4cccc(C(F)(F)F)c4)CC3)c2c1. The molecule has 31 heavy (non-hydrogen) atoms. The molecule has 1 aliphatic heterocycles. The minimum absolute atomic E-state index is 0.596. The standard InChI is InChI=1S/C23H24F3N5/c24-23(25,26)19-4-3-5-20(15-19)30-12-10-29(11-13-30)8-1-2-9-31-17-28-21-7-6-18(16-27)14-22(21)31/h3-7,14-15,17H,1-2,8-13H2. The lowest BCUT2D eigenvalue weighted by molar-refractivity contribution is -0.137. The Morgan fingerprint density at radius 3 is 2.48 bits per heavy atom. The first-order valence-electron chi connectivity index (χ1n) is 10.4. The van der Waals surface area contributed by atoms with E-state index in [0.29, 0.717) is 11.3 Å². The molecule has 2 heterocycles. The molecule has 8 heteroatoms. The molecule has 1 fully saturated rings. The number of aryl methyl sites for hydroxylation is 1. The molecule has 0 unspecified atom stereocenters. The summed E-state index contributed by atoms with van der Waals surface area (Å²) in [5.74, 6) is 0. The van der Waals surface area contributed by atoms with Crippen molar-refractivity contribution in [2.45, 2.75) is 25.6 Å². The molecular weight excluding hydrogens is 403 g/mol. The highest BCUT2D eigenvalue weighted by atomic mass is 19.4. The average Bonchev–Trinajstić information content (AvgIpc) is 3.19. The number of unbranched alkanes of at least 4 members (excludes halogenated alkanes) is 1.